The number of hydrogen-bond donors (Lipinski definition) is 4. The molecule has 116 valence electrons. The molecular weight excluding hydrogens is 284 g/mol. The largest absolute Gasteiger partial charge is 0.481 e. The molecule has 0 aliphatic heterocycles. The number of esters is 1. The van der Waals surface area contributed by atoms with E-state index in [1.807, 2.05) is 6.07 Å². The Morgan fingerprint density at radius 1 is 1.05 bits per heavy atom. The molecule has 0 aromatic heterocycles. The molecule has 0 radical (unpaired) electrons. The van der Waals surface area contributed by atoms with Crippen LogP contribution in [0.5, 0.6) is 0 Å². The molecule has 1 aromatic carbocycles. The molecule has 8 nitrogen and oxygen atoms in total. The van der Waals surface area contributed by atoms with Gasteiger partial charge >= 0.3 is 17.9 Å². The zero-order valence-electron chi connectivity index (χ0n) is 11.0. The molecule has 4 N–H and O–H groups in total. The molecule has 8 heteroatoms. The van der Waals surface area contributed by atoms with E-state index in [0.717, 1.165) is 5.56 Å². The Kier molecular flexibility index (Phi) is 9.14. The first-order chi connectivity index (χ1) is 9.86. The predicted octanol–water partition coefficient (Wildman–Crippen LogP) is -0.371. The normalized spacial score (nSPS) is 10.8. The first-order valence-corrected chi connectivity index (χ1v) is 5.80. The van der Waals surface area contributed by atoms with Gasteiger partial charge in [-0.25, -0.2) is 9.59 Å². The van der Waals surface area contributed by atoms with Crippen LogP contribution < -0.4 is 0 Å². The van der Waals surface area contributed by atoms with Gasteiger partial charge in [0.1, 0.15) is 13.2 Å². The van der Waals surface area contributed by atoms with Gasteiger partial charge in [-0.3, -0.25) is 4.79 Å². The van der Waals surface area contributed by atoms with E-state index >= 15 is 0 Å². The number of carboxylic acids is 2. The summed E-state index contributed by atoms with van der Waals surface area (Å²) in [6, 6.07) is 8.92. The van der Waals surface area contributed by atoms with Crippen molar-refractivity contribution < 1.29 is 39.5 Å². The van der Waals surface area contributed by atoms with Gasteiger partial charge < -0.3 is 25.2 Å². The van der Waals surface area contributed by atoms with Crippen molar-refractivity contribution in [3.8, 4) is 0 Å². The number of hydrogen-bond acceptors (Lipinski definition) is 6. The highest BCUT2D eigenvalue weighted by molar-refractivity contribution is 5.80. The predicted molar refractivity (Wildman–Crippen MR) is 69.2 cm³/mol. The maximum absolute atomic E-state index is 11.1. The summed E-state index contributed by atoms with van der Waals surface area (Å²) >= 11 is 0. The maximum Gasteiger partial charge on any atom is 0.335 e. The lowest BCUT2D eigenvalue weighted by atomic mass is 10.2. The van der Waals surface area contributed by atoms with Crippen molar-refractivity contribution in [2.24, 2.45) is 0 Å². The molecule has 0 saturated carbocycles. The van der Waals surface area contributed by atoms with Crippen LogP contribution in [0.25, 0.3) is 0 Å². The Labute approximate surface area is 120 Å². The van der Waals surface area contributed by atoms with E-state index in [4.69, 9.17) is 30.0 Å². The van der Waals surface area contributed by atoms with Gasteiger partial charge in [-0.1, -0.05) is 30.3 Å². The van der Waals surface area contributed by atoms with Gasteiger partial charge in [0.2, 0.25) is 0 Å². The number of aliphatic hydroxyl groups excluding tert-OH is 2. The van der Waals surface area contributed by atoms with Crippen molar-refractivity contribution in [2.75, 3.05) is 6.61 Å². The van der Waals surface area contributed by atoms with Crippen LogP contribution in [-0.2, 0) is 25.7 Å². The number of carbonyl (C=O) groups is 3. The summed E-state index contributed by atoms with van der Waals surface area (Å²) in [6.07, 6.45) is -2.26. The third-order valence-electron chi connectivity index (χ3n) is 2.00. The topological polar surface area (TPSA) is 141 Å². The van der Waals surface area contributed by atoms with Crippen molar-refractivity contribution in [2.45, 2.75) is 19.1 Å². The fraction of sp³-hybridized carbons (Fsp3) is 0.308. The minimum atomic E-state index is -1.61. The van der Waals surface area contributed by atoms with E-state index in [1.54, 1.807) is 24.3 Å². The van der Waals surface area contributed by atoms with Crippen LogP contribution in [0.2, 0.25) is 0 Å². The lowest BCUT2D eigenvalue weighted by molar-refractivity contribution is -0.159. The van der Waals surface area contributed by atoms with Crippen LogP contribution in [0, 0.1) is 0 Å². The zero-order chi connectivity index (χ0) is 16.3. The van der Waals surface area contributed by atoms with Gasteiger partial charge in [0.25, 0.3) is 0 Å². The van der Waals surface area contributed by atoms with E-state index in [0.29, 0.717) is 0 Å². The minimum Gasteiger partial charge on any atom is -0.481 e. The quantitative estimate of drug-likeness (QED) is 0.521. The second-order valence-corrected chi connectivity index (χ2v) is 3.76. The lowest BCUT2D eigenvalue weighted by Crippen LogP contribution is -2.25. The lowest BCUT2D eigenvalue weighted by Gasteiger charge is -2.08. The monoisotopic (exact) mass is 300 g/mol. The van der Waals surface area contributed by atoms with Crippen LogP contribution in [0.4, 0.5) is 0 Å². The van der Waals surface area contributed by atoms with Gasteiger partial charge in [-0.05, 0) is 5.56 Å². The van der Waals surface area contributed by atoms with E-state index < -0.39 is 37.0 Å². The third-order valence-corrected chi connectivity index (χ3v) is 2.00. The van der Waals surface area contributed by atoms with Gasteiger partial charge in [0.05, 0.1) is 6.42 Å². The molecule has 0 aliphatic carbocycles. The molecule has 0 saturated heterocycles. The minimum absolute atomic E-state index is 0.0242. The van der Waals surface area contributed by atoms with Crippen molar-refractivity contribution in [3.63, 3.8) is 0 Å². The highest BCUT2D eigenvalue weighted by Crippen LogP contribution is 2.03. The highest BCUT2D eigenvalue weighted by Gasteiger charge is 2.19. The molecule has 0 bridgehead atoms. The van der Waals surface area contributed by atoms with Crippen LogP contribution in [-0.4, -0.2) is 51.0 Å². The molecule has 1 rings (SSSR count). The number of aliphatic carboxylic acids is 2. The van der Waals surface area contributed by atoms with E-state index in [2.05, 4.69) is 0 Å². The number of ether oxygens (including phenoxy) is 1. The Morgan fingerprint density at radius 3 is 2.00 bits per heavy atom. The summed E-state index contributed by atoms with van der Waals surface area (Å²) in [4.78, 5) is 30.5. The van der Waals surface area contributed by atoms with Crippen LogP contribution in [0.15, 0.2) is 30.3 Å². The maximum atomic E-state index is 11.1. The summed E-state index contributed by atoms with van der Waals surface area (Å²) < 4.78 is 4.74. The van der Waals surface area contributed by atoms with Crippen molar-refractivity contribution in [1.82, 2.24) is 0 Å². The Hall–Kier alpha value is -2.45. The SMILES string of the molecule is O=C(O)CC(O)C(=O)OCc1ccccc1.O=C(O)CO. The first-order valence-electron chi connectivity index (χ1n) is 5.80. The second-order valence-electron chi connectivity index (χ2n) is 3.76. The zero-order valence-corrected chi connectivity index (χ0v) is 11.0. The van der Waals surface area contributed by atoms with Crippen molar-refractivity contribution >= 4 is 17.9 Å². The summed E-state index contributed by atoms with van der Waals surface area (Å²) in [5, 5.41) is 32.5. The average Bonchev–Trinajstić information content (AvgIpc) is 2.45. The van der Waals surface area contributed by atoms with E-state index in [1.165, 1.54) is 0 Å². The van der Waals surface area contributed by atoms with E-state index in [9.17, 15) is 9.59 Å². The van der Waals surface area contributed by atoms with Crippen LogP contribution in [0.1, 0.15) is 12.0 Å². The molecule has 1 aromatic rings. The van der Waals surface area contributed by atoms with Gasteiger partial charge in [0.15, 0.2) is 6.10 Å². The Morgan fingerprint density at radius 2 is 1.57 bits per heavy atom. The fourth-order valence-electron chi connectivity index (χ4n) is 1.07. The number of benzene rings is 1. The summed E-state index contributed by atoms with van der Waals surface area (Å²) in [7, 11) is 0. The van der Waals surface area contributed by atoms with E-state index in [-0.39, 0.29) is 6.61 Å². The van der Waals surface area contributed by atoms with Crippen LogP contribution >= 0.6 is 0 Å². The summed E-state index contributed by atoms with van der Waals surface area (Å²) in [5.74, 6) is -3.36. The molecular formula is C13H16O8. The van der Waals surface area contributed by atoms with Gasteiger partial charge in [-0.15, -0.1) is 0 Å². The number of carboxylic acid groups (broad SMARTS) is 2. The summed E-state index contributed by atoms with van der Waals surface area (Å²) in [6.45, 7) is -0.754. The molecule has 1 atom stereocenters. The first kappa shape index (κ1) is 18.6. The molecule has 0 spiro atoms. The van der Waals surface area contributed by atoms with Crippen LogP contribution in [0.3, 0.4) is 0 Å². The number of aliphatic hydroxyl groups is 2. The van der Waals surface area contributed by atoms with Crippen molar-refractivity contribution in [1.29, 1.82) is 0 Å². The summed E-state index contributed by atoms with van der Waals surface area (Å²) in [5.41, 5.74) is 0.776. The van der Waals surface area contributed by atoms with Gasteiger partial charge in [-0.2, -0.15) is 0 Å². The second kappa shape index (κ2) is 10.4. The molecule has 1 unspecified atom stereocenters. The Bertz CT molecular complexity index is 456. The molecule has 0 aliphatic rings. The smallest absolute Gasteiger partial charge is 0.335 e. The average molecular weight is 300 g/mol. The Balaban J connectivity index is 0.000000690. The molecule has 21 heavy (non-hydrogen) atoms. The van der Waals surface area contributed by atoms with Crippen molar-refractivity contribution in [3.05, 3.63) is 35.9 Å². The number of rotatable bonds is 6. The number of carbonyl (C=O) groups excluding carboxylic acids is 1. The fourth-order valence-corrected chi connectivity index (χ4v) is 1.07. The molecule has 0 fully saturated rings. The third kappa shape index (κ3) is 10.0. The van der Waals surface area contributed by atoms with Gasteiger partial charge in [0, 0.05) is 0 Å². The molecule has 0 heterocycles. The standard InChI is InChI=1S/C11H12O5.C2H4O3/c12-9(6-10(13)14)11(15)16-7-8-4-2-1-3-5-8;3-1-2(4)5/h1-5,9,12H,6-7H2,(H,13,14);3H,1H2,(H,4,5). The molecule has 0 amide bonds. The highest BCUT2D eigenvalue weighted by atomic mass is 16.5.